The second kappa shape index (κ2) is 5.10. The van der Waals surface area contributed by atoms with Gasteiger partial charge in [-0.1, -0.05) is 0 Å². The molecule has 1 heterocycles. The van der Waals surface area contributed by atoms with Crippen LogP contribution in [0.5, 0.6) is 5.75 Å². The monoisotopic (exact) mass is 299 g/mol. The lowest BCUT2D eigenvalue weighted by molar-refractivity contribution is -0.122. The zero-order chi connectivity index (χ0) is 14.9. The van der Waals surface area contributed by atoms with Gasteiger partial charge in [0.15, 0.2) is 6.10 Å². The Labute approximate surface area is 115 Å². The van der Waals surface area contributed by atoms with Crippen LogP contribution >= 0.6 is 0 Å². The maximum absolute atomic E-state index is 11.9. The average molecular weight is 299 g/mol. The zero-order valence-electron chi connectivity index (χ0n) is 10.5. The summed E-state index contributed by atoms with van der Waals surface area (Å²) in [4.78, 5) is 22.0. The first kappa shape index (κ1) is 14.3. The van der Waals surface area contributed by atoms with Gasteiger partial charge in [-0.3, -0.25) is 9.59 Å². The Morgan fingerprint density at radius 2 is 2.20 bits per heavy atom. The highest BCUT2D eigenvalue weighted by Crippen LogP contribution is 2.31. The molecule has 1 aromatic rings. The molecule has 20 heavy (non-hydrogen) atoms. The molecule has 1 aliphatic rings. The van der Waals surface area contributed by atoms with Crippen molar-refractivity contribution in [3.8, 4) is 5.75 Å². The van der Waals surface area contributed by atoms with Gasteiger partial charge in [0.2, 0.25) is 15.9 Å². The van der Waals surface area contributed by atoms with E-state index in [-0.39, 0.29) is 16.5 Å². The van der Waals surface area contributed by atoms with Crippen molar-refractivity contribution in [2.45, 2.75) is 17.9 Å². The molecule has 0 aromatic heterocycles. The van der Waals surface area contributed by atoms with Gasteiger partial charge in [0.05, 0.1) is 17.1 Å². The minimum absolute atomic E-state index is 0.101. The fourth-order valence-electron chi connectivity index (χ4n) is 1.60. The highest BCUT2D eigenvalue weighted by Gasteiger charge is 2.25. The van der Waals surface area contributed by atoms with E-state index in [9.17, 15) is 18.0 Å². The van der Waals surface area contributed by atoms with E-state index in [1.165, 1.54) is 18.2 Å². The summed E-state index contributed by atoms with van der Waals surface area (Å²) in [5.41, 5.74) is 5.14. The minimum Gasteiger partial charge on any atom is -0.479 e. The van der Waals surface area contributed by atoms with Gasteiger partial charge in [0, 0.05) is 0 Å². The van der Waals surface area contributed by atoms with Crippen molar-refractivity contribution in [2.75, 3.05) is 11.9 Å². The molecule has 0 spiro atoms. The van der Waals surface area contributed by atoms with Crippen LogP contribution in [0.2, 0.25) is 0 Å². The number of hydrogen-bond acceptors (Lipinski definition) is 5. The summed E-state index contributed by atoms with van der Waals surface area (Å²) in [6, 6.07) is 4.00. The molecular weight excluding hydrogens is 286 g/mol. The summed E-state index contributed by atoms with van der Waals surface area (Å²) in [7, 11) is -3.88. The number of sulfonamides is 1. The van der Waals surface area contributed by atoms with E-state index in [1.807, 2.05) is 4.72 Å². The predicted octanol–water partition coefficient (Wildman–Crippen LogP) is -0.830. The largest absolute Gasteiger partial charge is 0.479 e. The lowest BCUT2D eigenvalue weighted by Crippen LogP contribution is -2.35. The standard InChI is InChI=1S/C11H13N3O5S/c1-6-11(16)14-8-4-7(2-3-9(8)19-6)20(17,18)13-5-10(12)15/h2-4,6,13H,5H2,1H3,(H2,12,15)(H,14,16)/t6-/m0/s1. The van der Waals surface area contributed by atoms with Gasteiger partial charge in [-0.05, 0) is 25.1 Å². The number of carbonyl (C=O) groups excluding carboxylic acids is 2. The third-order valence-electron chi connectivity index (χ3n) is 2.63. The number of rotatable bonds is 4. The van der Waals surface area contributed by atoms with E-state index >= 15 is 0 Å². The molecule has 108 valence electrons. The third-order valence-corrected chi connectivity index (χ3v) is 4.03. The van der Waals surface area contributed by atoms with E-state index in [0.717, 1.165) is 0 Å². The van der Waals surface area contributed by atoms with Gasteiger partial charge in [-0.2, -0.15) is 0 Å². The van der Waals surface area contributed by atoms with Crippen molar-refractivity contribution in [3.05, 3.63) is 18.2 Å². The van der Waals surface area contributed by atoms with Gasteiger partial charge in [0.1, 0.15) is 5.75 Å². The smallest absolute Gasteiger partial charge is 0.265 e. The Hall–Kier alpha value is -2.13. The molecule has 9 heteroatoms. The van der Waals surface area contributed by atoms with Crippen molar-refractivity contribution in [2.24, 2.45) is 5.73 Å². The van der Waals surface area contributed by atoms with Crippen LogP contribution in [0.4, 0.5) is 5.69 Å². The van der Waals surface area contributed by atoms with Crippen LogP contribution in [0.1, 0.15) is 6.92 Å². The van der Waals surface area contributed by atoms with E-state index in [4.69, 9.17) is 10.5 Å². The number of amides is 2. The van der Waals surface area contributed by atoms with Gasteiger partial charge in [-0.25, -0.2) is 13.1 Å². The van der Waals surface area contributed by atoms with Gasteiger partial charge in [-0.15, -0.1) is 0 Å². The number of ether oxygens (including phenoxy) is 1. The van der Waals surface area contributed by atoms with E-state index in [2.05, 4.69) is 5.32 Å². The molecule has 0 aliphatic carbocycles. The van der Waals surface area contributed by atoms with Crippen molar-refractivity contribution in [1.82, 2.24) is 4.72 Å². The van der Waals surface area contributed by atoms with E-state index in [0.29, 0.717) is 5.75 Å². The Bertz CT molecular complexity index is 671. The predicted molar refractivity (Wildman–Crippen MR) is 69.5 cm³/mol. The van der Waals surface area contributed by atoms with Crippen molar-refractivity contribution >= 4 is 27.5 Å². The number of primary amides is 1. The van der Waals surface area contributed by atoms with Crippen LogP contribution < -0.4 is 20.5 Å². The number of hydrogen-bond donors (Lipinski definition) is 3. The molecule has 0 saturated heterocycles. The van der Waals surface area contributed by atoms with Crippen LogP contribution in [0.25, 0.3) is 0 Å². The highest BCUT2D eigenvalue weighted by atomic mass is 32.2. The summed E-state index contributed by atoms with van der Waals surface area (Å²) in [5, 5.41) is 2.54. The quantitative estimate of drug-likeness (QED) is 0.668. The van der Waals surface area contributed by atoms with Gasteiger partial charge >= 0.3 is 0 Å². The second-order valence-corrected chi connectivity index (χ2v) is 5.97. The molecule has 8 nitrogen and oxygen atoms in total. The summed E-state index contributed by atoms with van der Waals surface area (Å²) in [5.74, 6) is -0.778. The van der Waals surface area contributed by atoms with Crippen LogP contribution in [0.3, 0.4) is 0 Å². The molecule has 1 atom stereocenters. The molecule has 1 aliphatic heterocycles. The molecule has 0 unspecified atom stereocenters. The number of nitrogens with two attached hydrogens (primary N) is 1. The molecule has 0 bridgehead atoms. The molecule has 2 rings (SSSR count). The molecule has 0 radical (unpaired) electrons. The maximum atomic E-state index is 11.9. The number of benzene rings is 1. The Balaban J connectivity index is 2.29. The summed E-state index contributed by atoms with van der Waals surface area (Å²) in [6.07, 6.45) is -0.641. The first-order valence-corrected chi connectivity index (χ1v) is 7.17. The lowest BCUT2D eigenvalue weighted by atomic mass is 10.2. The number of nitrogens with one attached hydrogen (secondary N) is 2. The molecule has 1 aromatic carbocycles. The van der Waals surface area contributed by atoms with Crippen LogP contribution in [-0.4, -0.2) is 32.9 Å². The van der Waals surface area contributed by atoms with Crippen molar-refractivity contribution in [1.29, 1.82) is 0 Å². The first-order valence-electron chi connectivity index (χ1n) is 5.69. The molecule has 4 N–H and O–H groups in total. The van der Waals surface area contributed by atoms with Crippen LogP contribution in [0.15, 0.2) is 23.1 Å². The topological polar surface area (TPSA) is 128 Å². The summed E-state index contributed by atoms with van der Waals surface area (Å²) >= 11 is 0. The van der Waals surface area contributed by atoms with E-state index in [1.54, 1.807) is 6.92 Å². The SMILES string of the molecule is C[C@@H]1Oc2ccc(S(=O)(=O)NCC(N)=O)cc2NC1=O. The first-order chi connectivity index (χ1) is 9.29. The molecule has 0 saturated carbocycles. The third kappa shape index (κ3) is 2.89. The molecular formula is C11H13N3O5S. The maximum Gasteiger partial charge on any atom is 0.265 e. The normalized spacial score (nSPS) is 17.9. The minimum atomic E-state index is -3.88. The van der Waals surface area contributed by atoms with Gasteiger partial charge in [0.25, 0.3) is 5.91 Å². The number of fused-ring (bicyclic) bond motifs is 1. The summed E-state index contributed by atoms with van der Waals surface area (Å²) in [6.45, 7) is 1.08. The fraction of sp³-hybridized carbons (Fsp3) is 0.273. The van der Waals surface area contributed by atoms with Crippen molar-refractivity contribution in [3.63, 3.8) is 0 Å². The van der Waals surface area contributed by atoms with Gasteiger partial charge < -0.3 is 15.8 Å². The molecule has 2 amide bonds. The highest BCUT2D eigenvalue weighted by molar-refractivity contribution is 7.89. The molecule has 0 fully saturated rings. The van der Waals surface area contributed by atoms with Crippen LogP contribution in [0, 0.1) is 0 Å². The second-order valence-electron chi connectivity index (χ2n) is 4.20. The van der Waals surface area contributed by atoms with Crippen LogP contribution in [-0.2, 0) is 19.6 Å². The number of carbonyl (C=O) groups is 2. The average Bonchev–Trinajstić information content (AvgIpc) is 2.37. The Morgan fingerprint density at radius 3 is 2.85 bits per heavy atom. The summed E-state index contributed by atoms with van der Waals surface area (Å²) < 4.78 is 31.1. The zero-order valence-corrected chi connectivity index (χ0v) is 11.4. The Kier molecular flexibility index (Phi) is 3.64. The van der Waals surface area contributed by atoms with Crippen molar-refractivity contribution < 1.29 is 22.7 Å². The lowest BCUT2D eigenvalue weighted by Gasteiger charge is -2.23. The van der Waals surface area contributed by atoms with E-state index < -0.39 is 28.6 Å². The Morgan fingerprint density at radius 1 is 1.50 bits per heavy atom. The fourth-order valence-corrected chi connectivity index (χ4v) is 2.62. The number of anilines is 1.